The molecule has 0 bridgehead atoms. The quantitative estimate of drug-likeness (QED) is 0.547. The molecule has 0 saturated heterocycles. The van der Waals surface area contributed by atoms with Crippen LogP contribution in [0.1, 0.15) is 6.92 Å². The van der Waals surface area contributed by atoms with Crippen molar-refractivity contribution in [2.75, 3.05) is 5.75 Å². The minimum absolute atomic E-state index is 0.0616. The highest BCUT2D eigenvalue weighted by Crippen LogP contribution is 2.08. The Hall–Kier alpha value is -1.10. The summed E-state index contributed by atoms with van der Waals surface area (Å²) in [5.41, 5.74) is -0.198. The Balaban J connectivity index is 2.64. The second-order valence-corrected chi connectivity index (χ2v) is 3.19. The van der Waals surface area contributed by atoms with Gasteiger partial charge in [0.2, 0.25) is 0 Å². The summed E-state index contributed by atoms with van der Waals surface area (Å²) in [6.07, 6.45) is 1.42. The van der Waals surface area contributed by atoms with Gasteiger partial charge in [0, 0.05) is 12.3 Å². The molecular formula is C7H8N2O2S. The van der Waals surface area contributed by atoms with Crippen LogP contribution in [0.5, 0.6) is 0 Å². The van der Waals surface area contributed by atoms with E-state index in [-0.39, 0.29) is 11.3 Å². The molecule has 0 aliphatic heterocycles. The third-order valence-corrected chi connectivity index (χ3v) is 2.09. The number of Topliss-reactive ketones (excluding diaryl/α,β-unsaturated/α-hetero) is 1. The molecule has 1 aromatic heterocycles. The van der Waals surface area contributed by atoms with Crippen molar-refractivity contribution in [2.45, 2.75) is 12.1 Å². The van der Waals surface area contributed by atoms with Gasteiger partial charge in [-0.3, -0.25) is 9.59 Å². The second kappa shape index (κ2) is 4.06. The molecule has 0 aliphatic rings. The van der Waals surface area contributed by atoms with Gasteiger partial charge in [-0.25, -0.2) is 4.98 Å². The third kappa shape index (κ3) is 2.87. The Morgan fingerprint density at radius 3 is 3.08 bits per heavy atom. The Morgan fingerprint density at radius 2 is 2.50 bits per heavy atom. The van der Waals surface area contributed by atoms with Crippen molar-refractivity contribution < 1.29 is 4.79 Å². The number of nitrogens with zero attached hydrogens (tertiary/aromatic N) is 1. The molecule has 1 rings (SSSR count). The summed E-state index contributed by atoms with van der Waals surface area (Å²) in [7, 11) is 0. The van der Waals surface area contributed by atoms with Gasteiger partial charge >= 0.3 is 0 Å². The first-order valence-electron chi connectivity index (χ1n) is 3.36. The summed E-state index contributed by atoms with van der Waals surface area (Å²) in [6.45, 7) is 1.49. The fourth-order valence-electron chi connectivity index (χ4n) is 0.595. The van der Waals surface area contributed by atoms with Crippen molar-refractivity contribution in [1.82, 2.24) is 9.97 Å². The van der Waals surface area contributed by atoms with Crippen molar-refractivity contribution in [3.05, 3.63) is 22.6 Å². The molecule has 0 spiro atoms. The van der Waals surface area contributed by atoms with Crippen LogP contribution in [0.15, 0.2) is 22.2 Å². The van der Waals surface area contributed by atoms with E-state index in [1.807, 2.05) is 0 Å². The molecule has 0 radical (unpaired) electrons. The van der Waals surface area contributed by atoms with E-state index >= 15 is 0 Å². The van der Waals surface area contributed by atoms with Gasteiger partial charge in [0.05, 0.1) is 5.75 Å². The number of thioether (sulfide) groups is 1. The highest BCUT2D eigenvalue weighted by Gasteiger charge is 1.98. The topological polar surface area (TPSA) is 62.8 Å². The molecule has 5 heteroatoms. The van der Waals surface area contributed by atoms with Crippen LogP contribution < -0.4 is 5.56 Å². The predicted molar refractivity (Wildman–Crippen MR) is 46.3 cm³/mol. The SMILES string of the molecule is CC(=O)CSc1nccc(=O)[nH]1. The maximum absolute atomic E-state index is 10.7. The minimum Gasteiger partial charge on any atom is -0.301 e. The summed E-state index contributed by atoms with van der Waals surface area (Å²) in [4.78, 5) is 27.7. The Labute approximate surface area is 73.4 Å². The summed E-state index contributed by atoms with van der Waals surface area (Å²) in [5.74, 6) is 0.402. The molecule has 0 fully saturated rings. The molecule has 12 heavy (non-hydrogen) atoms. The lowest BCUT2D eigenvalue weighted by atomic mass is 10.5. The molecule has 0 aliphatic carbocycles. The van der Waals surface area contributed by atoms with E-state index in [2.05, 4.69) is 9.97 Å². The first kappa shape index (κ1) is 8.99. The van der Waals surface area contributed by atoms with E-state index in [9.17, 15) is 9.59 Å². The summed E-state index contributed by atoms with van der Waals surface area (Å²) in [5, 5.41) is 0.484. The van der Waals surface area contributed by atoms with Gasteiger partial charge in [0.25, 0.3) is 5.56 Å². The average Bonchev–Trinajstić information content (AvgIpc) is 2.01. The van der Waals surface area contributed by atoms with Crippen LogP contribution in [-0.4, -0.2) is 21.5 Å². The maximum Gasteiger partial charge on any atom is 0.251 e. The van der Waals surface area contributed by atoms with E-state index < -0.39 is 0 Å². The Morgan fingerprint density at radius 1 is 1.75 bits per heavy atom. The van der Waals surface area contributed by atoms with Crippen LogP contribution in [0.25, 0.3) is 0 Å². The van der Waals surface area contributed by atoms with Crippen LogP contribution in [0.2, 0.25) is 0 Å². The van der Waals surface area contributed by atoms with Gasteiger partial charge in [-0.05, 0) is 6.92 Å². The first-order valence-corrected chi connectivity index (χ1v) is 4.34. The normalized spacial score (nSPS) is 9.75. The Kier molecular flexibility index (Phi) is 3.04. The van der Waals surface area contributed by atoms with Gasteiger partial charge in [-0.2, -0.15) is 0 Å². The summed E-state index contributed by atoms with van der Waals surface area (Å²) >= 11 is 1.23. The van der Waals surface area contributed by atoms with E-state index in [0.29, 0.717) is 10.9 Å². The van der Waals surface area contributed by atoms with Gasteiger partial charge < -0.3 is 4.98 Å². The molecule has 0 amide bonds. The van der Waals surface area contributed by atoms with E-state index in [1.165, 1.54) is 30.9 Å². The zero-order valence-electron chi connectivity index (χ0n) is 6.53. The fraction of sp³-hybridized carbons (Fsp3) is 0.286. The van der Waals surface area contributed by atoms with Crippen molar-refractivity contribution in [1.29, 1.82) is 0 Å². The Bertz CT molecular complexity index is 334. The molecule has 4 nitrogen and oxygen atoms in total. The van der Waals surface area contributed by atoms with Crippen molar-refractivity contribution in [3.8, 4) is 0 Å². The predicted octanol–water partition coefficient (Wildman–Crippen LogP) is 0.451. The highest BCUT2D eigenvalue weighted by molar-refractivity contribution is 7.99. The molecule has 0 saturated carbocycles. The van der Waals surface area contributed by atoms with Crippen LogP contribution in [0.3, 0.4) is 0 Å². The lowest BCUT2D eigenvalue weighted by Crippen LogP contribution is -2.06. The molecule has 0 aromatic carbocycles. The van der Waals surface area contributed by atoms with Gasteiger partial charge in [-0.15, -0.1) is 0 Å². The van der Waals surface area contributed by atoms with Gasteiger partial charge in [0.1, 0.15) is 5.78 Å². The van der Waals surface area contributed by atoms with Crippen LogP contribution >= 0.6 is 11.8 Å². The van der Waals surface area contributed by atoms with E-state index in [1.54, 1.807) is 0 Å². The number of rotatable bonds is 3. The fourth-order valence-corrected chi connectivity index (χ4v) is 1.24. The first-order chi connectivity index (χ1) is 5.68. The molecule has 0 unspecified atom stereocenters. The number of aromatic amines is 1. The van der Waals surface area contributed by atoms with Crippen molar-refractivity contribution in [3.63, 3.8) is 0 Å². The lowest BCUT2D eigenvalue weighted by Gasteiger charge is -1.95. The zero-order valence-corrected chi connectivity index (χ0v) is 7.35. The van der Waals surface area contributed by atoms with Crippen molar-refractivity contribution >= 4 is 17.5 Å². The second-order valence-electron chi connectivity index (χ2n) is 2.23. The van der Waals surface area contributed by atoms with Crippen LogP contribution in [-0.2, 0) is 4.79 Å². The van der Waals surface area contributed by atoms with Crippen molar-refractivity contribution in [2.24, 2.45) is 0 Å². The molecule has 1 heterocycles. The standard InChI is InChI=1S/C7H8N2O2S/c1-5(10)4-12-7-8-3-2-6(11)9-7/h2-3H,4H2,1H3,(H,8,9,11). The minimum atomic E-state index is -0.198. The van der Waals surface area contributed by atoms with E-state index in [0.717, 1.165) is 0 Å². The number of nitrogens with one attached hydrogen (secondary N) is 1. The maximum atomic E-state index is 10.7. The number of hydrogen-bond donors (Lipinski definition) is 1. The number of aromatic nitrogens is 2. The molecular weight excluding hydrogens is 176 g/mol. The number of hydrogen-bond acceptors (Lipinski definition) is 4. The third-order valence-electron chi connectivity index (χ3n) is 1.06. The number of carbonyl (C=O) groups is 1. The van der Waals surface area contributed by atoms with E-state index in [4.69, 9.17) is 0 Å². The molecule has 0 atom stereocenters. The largest absolute Gasteiger partial charge is 0.301 e. The smallest absolute Gasteiger partial charge is 0.251 e. The summed E-state index contributed by atoms with van der Waals surface area (Å²) < 4.78 is 0. The van der Waals surface area contributed by atoms with Gasteiger partial charge in [-0.1, -0.05) is 11.8 Å². The number of ketones is 1. The highest BCUT2D eigenvalue weighted by atomic mass is 32.2. The number of H-pyrrole nitrogens is 1. The van der Waals surface area contributed by atoms with Gasteiger partial charge in [0.15, 0.2) is 5.16 Å². The molecule has 64 valence electrons. The average molecular weight is 184 g/mol. The summed E-state index contributed by atoms with van der Waals surface area (Å²) in [6, 6.07) is 1.33. The monoisotopic (exact) mass is 184 g/mol. The zero-order chi connectivity index (χ0) is 8.97. The molecule has 1 aromatic rings. The molecule has 1 N–H and O–H groups in total. The lowest BCUT2D eigenvalue weighted by molar-refractivity contribution is -0.114. The van der Waals surface area contributed by atoms with Crippen LogP contribution in [0.4, 0.5) is 0 Å². The van der Waals surface area contributed by atoms with Crippen LogP contribution in [0, 0.1) is 0 Å². The number of carbonyl (C=O) groups excluding carboxylic acids is 1.